The van der Waals surface area contributed by atoms with Gasteiger partial charge in [0.2, 0.25) is 0 Å². The zero-order valence-electron chi connectivity index (χ0n) is 20.0. The molecule has 0 aliphatic carbocycles. The minimum atomic E-state index is 0.998. The van der Waals surface area contributed by atoms with Crippen molar-refractivity contribution in [1.82, 2.24) is 4.98 Å². The molecule has 0 atom stereocenters. The molecule has 0 saturated heterocycles. The second kappa shape index (κ2) is 7.99. The molecule has 172 valence electrons. The van der Waals surface area contributed by atoms with Gasteiger partial charge in [-0.3, -0.25) is 0 Å². The van der Waals surface area contributed by atoms with Gasteiger partial charge in [-0.2, -0.15) is 0 Å². The summed E-state index contributed by atoms with van der Waals surface area (Å²) in [5.74, 6) is 0. The first-order valence-corrected chi connectivity index (χ1v) is 13.4. The highest BCUT2D eigenvalue weighted by Gasteiger charge is 2.13. The van der Waals surface area contributed by atoms with Gasteiger partial charge in [0.25, 0.3) is 0 Å². The van der Waals surface area contributed by atoms with Crippen LogP contribution in [0, 0.1) is 0 Å². The Morgan fingerprint density at radius 2 is 1.03 bits per heavy atom. The molecule has 8 aromatic rings. The largest absolute Gasteiger partial charge is 0.247 e. The number of aromatic nitrogens is 1. The smallest absolute Gasteiger partial charge is 0.0794 e. The van der Waals surface area contributed by atoms with Gasteiger partial charge in [-0.25, -0.2) is 4.98 Å². The molecule has 8 rings (SSSR count). The van der Waals surface area contributed by atoms with Gasteiger partial charge in [0.05, 0.1) is 11.2 Å². The molecule has 0 N–H and O–H groups in total. The summed E-state index contributed by atoms with van der Waals surface area (Å²) < 4.78 is 2.67. The summed E-state index contributed by atoms with van der Waals surface area (Å²) in [5, 5.41) is 8.83. The summed E-state index contributed by atoms with van der Waals surface area (Å²) in [6.07, 6.45) is 0. The normalized spacial score (nSPS) is 11.8. The lowest BCUT2D eigenvalue weighted by Gasteiger charge is -2.12. The first-order chi connectivity index (χ1) is 18.3. The Hall–Kier alpha value is -4.53. The van der Waals surface area contributed by atoms with Crippen molar-refractivity contribution < 1.29 is 0 Å². The van der Waals surface area contributed by atoms with E-state index in [0.717, 1.165) is 16.8 Å². The van der Waals surface area contributed by atoms with E-state index in [1.54, 1.807) is 0 Å². The zero-order chi connectivity index (χ0) is 24.3. The maximum Gasteiger partial charge on any atom is 0.0794 e. The standard InChI is InChI=1S/C35H21NS/c1-2-13-27-25(11-1)26-12-3-4-15-29(26)34-30(27)19-20-32(36-34)23-10-7-9-22(21-23)24-16-8-17-31-28-14-5-6-18-33(28)37-35(24)31/h1-21H. The van der Waals surface area contributed by atoms with Crippen molar-refractivity contribution in [3.05, 3.63) is 127 Å². The Bertz CT molecular complexity index is 2120. The van der Waals surface area contributed by atoms with Gasteiger partial charge in [0.1, 0.15) is 0 Å². The van der Waals surface area contributed by atoms with E-state index in [9.17, 15) is 0 Å². The van der Waals surface area contributed by atoms with Crippen molar-refractivity contribution in [2.75, 3.05) is 0 Å². The molecule has 0 spiro atoms. The van der Waals surface area contributed by atoms with Crippen molar-refractivity contribution in [3.8, 4) is 22.4 Å². The van der Waals surface area contributed by atoms with Gasteiger partial charge in [-0.1, -0.05) is 103 Å². The van der Waals surface area contributed by atoms with Gasteiger partial charge in [0, 0.05) is 36.5 Å². The van der Waals surface area contributed by atoms with Crippen molar-refractivity contribution in [2.24, 2.45) is 0 Å². The van der Waals surface area contributed by atoms with Gasteiger partial charge in [-0.15, -0.1) is 11.3 Å². The Labute approximate surface area is 218 Å². The van der Waals surface area contributed by atoms with E-state index in [1.165, 1.54) is 58.2 Å². The number of pyridine rings is 1. The van der Waals surface area contributed by atoms with E-state index < -0.39 is 0 Å². The van der Waals surface area contributed by atoms with E-state index in [0.29, 0.717) is 0 Å². The molecular weight excluding hydrogens is 466 g/mol. The topological polar surface area (TPSA) is 12.9 Å². The monoisotopic (exact) mass is 487 g/mol. The van der Waals surface area contributed by atoms with Crippen LogP contribution >= 0.6 is 11.3 Å². The Balaban J connectivity index is 1.34. The number of benzene rings is 6. The second-order valence-corrected chi connectivity index (χ2v) is 10.6. The third kappa shape index (κ3) is 3.13. The Morgan fingerprint density at radius 3 is 1.84 bits per heavy atom. The first kappa shape index (κ1) is 20.6. The molecule has 0 unspecified atom stereocenters. The molecule has 0 fully saturated rings. The molecule has 2 heterocycles. The Kier molecular flexibility index (Phi) is 4.46. The van der Waals surface area contributed by atoms with Crippen LogP contribution in [0.15, 0.2) is 127 Å². The maximum absolute atomic E-state index is 5.26. The van der Waals surface area contributed by atoms with Crippen molar-refractivity contribution >= 4 is 64.0 Å². The number of hydrogen-bond donors (Lipinski definition) is 0. The molecule has 2 aromatic heterocycles. The van der Waals surface area contributed by atoms with Crippen LogP contribution in [0.25, 0.3) is 75.0 Å². The van der Waals surface area contributed by atoms with Gasteiger partial charge < -0.3 is 0 Å². The summed E-state index contributed by atoms with van der Waals surface area (Å²) in [6, 6.07) is 45.8. The molecule has 2 heteroatoms. The molecule has 0 amide bonds. The molecule has 1 nitrogen and oxygen atoms in total. The summed E-state index contributed by atoms with van der Waals surface area (Å²) >= 11 is 1.87. The zero-order valence-corrected chi connectivity index (χ0v) is 20.8. The van der Waals surface area contributed by atoms with Gasteiger partial charge >= 0.3 is 0 Å². The average Bonchev–Trinajstić information content (AvgIpc) is 3.36. The minimum Gasteiger partial charge on any atom is -0.247 e. The van der Waals surface area contributed by atoms with E-state index >= 15 is 0 Å². The van der Waals surface area contributed by atoms with Crippen LogP contribution in [-0.2, 0) is 0 Å². The lowest BCUT2D eigenvalue weighted by Crippen LogP contribution is -1.90. The fourth-order valence-corrected chi connectivity index (χ4v) is 6.98. The van der Waals surface area contributed by atoms with E-state index in [4.69, 9.17) is 4.98 Å². The minimum absolute atomic E-state index is 0.998. The highest BCUT2D eigenvalue weighted by molar-refractivity contribution is 7.26. The molecule has 0 saturated carbocycles. The molecule has 0 aliphatic rings. The highest BCUT2D eigenvalue weighted by Crippen LogP contribution is 2.41. The molecule has 0 radical (unpaired) electrons. The summed E-state index contributed by atoms with van der Waals surface area (Å²) in [7, 11) is 0. The number of fused-ring (bicyclic) bond motifs is 9. The molecular formula is C35H21NS. The number of nitrogens with zero attached hydrogens (tertiary/aromatic N) is 1. The van der Waals surface area contributed by atoms with E-state index in [2.05, 4.69) is 127 Å². The Morgan fingerprint density at radius 1 is 0.432 bits per heavy atom. The van der Waals surface area contributed by atoms with Crippen LogP contribution < -0.4 is 0 Å². The lowest BCUT2D eigenvalue weighted by atomic mass is 9.96. The van der Waals surface area contributed by atoms with Crippen LogP contribution in [0.4, 0.5) is 0 Å². The number of hydrogen-bond acceptors (Lipinski definition) is 2. The average molecular weight is 488 g/mol. The molecule has 6 aromatic carbocycles. The predicted molar refractivity (Wildman–Crippen MR) is 161 cm³/mol. The number of thiophene rings is 1. The quantitative estimate of drug-likeness (QED) is 0.221. The van der Waals surface area contributed by atoms with E-state index in [-0.39, 0.29) is 0 Å². The first-order valence-electron chi connectivity index (χ1n) is 12.6. The molecule has 37 heavy (non-hydrogen) atoms. The van der Waals surface area contributed by atoms with Crippen LogP contribution in [0.5, 0.6) is 0 Å². The number of rotatable bonds is 2. The fourth-order valence-electron chi connectivity index (χ4n) is 5.74. The third-order valence-corrected chi connectivity index (χ3v) is 8.68. The SMILES string of the molecule is c1cc(-c2ccc3c4ccccc4c4ccccc4c3n2)cc(-c2cccc3c2sc2ccccc23)c1. The summed E-state index contributed by atoms with van der Waals surface area (Å²) in [4.78, 5) is 5.26. The van der Waals surface area contributed by atoms with Crippen LogP contribution in [0.3, 0.4) is 0 Å². The maximum atomic E-state index is 5.26. The third-order valence-electron chi connectivity index (χ3n) is 7.46. The van der Waals surface area contributed by atoms with Crippen LogP contribution in [0.2, 0.25) is 0 Å². The van der Waals surface area contributed by atoms with Gasteiger partial charge in [0.15, 0.2) is 0 Å². The highest BCUT2D eigenvalue weighted by atomic mass is 32.1. The van der Waals surface area contributed by atoms with Crippen molar-refractivity contribution in [1.29, 1.82) is 0 Å². The van der Waals surface area contributed by atoms with Crippen LogP contribution in [-0.4, -0.2) is 4.98 Å². The van der Waals surface area contributed by atoms with Crippen LogP contribution in [0.1, 0.15) is 0 Å². The fraction of sp³-hybridized carbons (Fsp3) is 0. The van der Waals surface area contributed by atoms with E-state index in [1.807, 2.05) is 11.3 Å². The predicted octanol–water partition coefficient (Wildman–Crippen LogP) is 10.2. The van der Waals surface area contributed by atoms with Crippen molar-refractivity contribution in [3.63, 3.8) is 0 Å². The lowest BCUT2D eigenvalue weighted by molar-refractivity contribution is 1.41. The summed E-state index contributed by atoms with van der Waals surface area (Å²) in [6.45, 7) is 0. The second-order valence-electron chi connectivity index (χ2n) is 9.55. The van der Waals surface area contributed by atoms with Crippen molar-refractivity contribution in [2.45, 2.75) is 0 Å². The molecule has 0 bridgehead atoms. The van der Waals surface area contributed by atoms with Gasteiger partial charge in [-0.05, 0) is 51.6 Å². The summed E-state index contributed by atoms with van der Waals surface area (Å²) in [5.41, 5.74) is 5.69. The molecule has 0 aliphatic heterocycles.